The molecule has 1 fully saturated rings. The lowest BCUT2D eigenvalue weighted by molar-refractivity contribution is -0.151. The molecule has 0 heterocycles. The van der Waals surface area contributed by atoms with Crippen molar-refractivity contribution in [3.63, 3.8) is 0 Å². The molecule has 1 atom stereocenters. The third kappa shape index (κ3) is 12.0. The number of ether oxygens (including phenoxy) is 6. The zero-order valence-electron chi connectivity index (χ0n) is 32.2. The third-order valence-electron chi connectivity index (χ3n) is 9.88. The zero-order valence-corrected chi connectivity index (χ0v) is 32.2. The molecule has 5 rings (SSSR count). The fraction of sp³-hybridized carbons (Fsp3) is 0.422. The predicted octanol–water partition coefficient (Wildman–Crippen LogP) is 8.20. The number of fused-ring (bicyclic) bond motifs is 3. The minimum atomic E-state index is -0.606. The molecule has 0 spiro atoms. The Morgan fingerprint density at radius 1 is 0.661 bits per heavy atom. The minimum Gasteiger partial charge on any atom is -0.494 e. The molecule has 1 unspecified atom stereocenters. The minimum absolute atomic E-state index is 0.0466. The number of aliphatic hydroxyl groups is 1. The number of benzene rings is 3. The molecule has 0 aromatic heterocycles. The predicted molar refractivity (Wildman–Crippen MR) is 210 cm³/mol. The van der Waals surface area contributed by atoms with Crippen LogP contribution in [0, 0.1) is 0 Å². The van der Waals surface area contributed by atoms with E-state index in [-0.39, 0.29) is 42.8 Å². The van der Waals surface area contributed by atoms with Crippen LogP contribution in [0.4, 0.5) is 0 Å². The van der Waals surface area contributed by atoms with Crippen LogP contribution < -0.4 is 14.2 Å². The molecular formula is C45H52O11. The highest BCUT2D eigenvalue weighted by Crippen LogP contribution is 2.47. The Bertz CT molecular complexity index is 1860. The van der Waals surface area contributed by atoms with Crippen molar-refractivity contribution in [1.82, 2.24) is 0 Å². The number of hydrogen-bond donors (Lipinski definition) is 1. The van der Waals surface area contributed by atoms with Crippen molar-refractivity contribution in [2.75, 3.05) is 33.0 Å². The van der Waals surface area contributed by atoms with Crippen LogP contribution in [-0.4, -0.2) is 68.1 Å². The molecule has 11 heteroatoms. The summed E-state index contributed by atoms with van der Waals surface area (Å²) < 4.78 is 33.3. The number of esters is 4. The van der Waals surface area contributed by atoms with Crippen molar-refractivity contribution in [3.8, 4) is 28.4 Å². The van der Waals surface area contributed by atoms with Gasteiger partial charge in [0.1, 0.15) is 23.4 Å². The van der Waals surface area contributed by atoms with Crippen LogP contribution in [0.3, 0.4) is 0 Å². The molecule has 2 aliphatic carbocycles. The Labute approximate surface area is 328 Å². The quantitative estimate of drug-likeness (QED) is 0.0368. The molecule has 298 valence electrons. The second-order valence-electron chi connectivity index (χ2n) is 14.2. The van der Waals surface area contributed by atoms with E-state index in [1.165, 1.54) is 0 Å². The molecule has 0 aliphatic heterocycles. The Hall–Kier alpha value is -5.42. The number of hydrogen-bond acceptors (Lipinski definition) is 11. The van der Waals surface area contributed by atoms with Gasteiger partial charge in [-0.3, -0.25) is 4.79 Å². The second-order valence-corrected chi connectivity index (χ2v) is 14.2. The van der Waals surface area contributed by atoms with E-state index in [0.29, 0.717) is 42.4 Å². The van der Waals surface area contributed by atoms with E-state index in [1.54, 1.807) is 30.3 Å². The highest BCUT2D eigenvalue weighted by Gasteiger charge is 2.27. The van der Waals surface area contributed by atoms with Crippen molar-refractivity contribution in [3.05, 3.63) is 102 Å². The maximum absolute atomic E-state index is 13.0. The number of rotatable bonds is 21. The molecule has 11 nitrogen and oxygen atoms in total. The summed E-state index contributed by atoms with van der Waals surface area (Å²) >= 11 is 0. The van der Waals surface area contributed by atoms with E-state index >= 15 is 0 Å². The fourth-order valence-corrected chi connectivity index (χ4v) is 6.71. The van der Waals surface area contributed by atoms with Gasteiger partial charge < -0.3 is 33.5 Å². The van der Waals surface area contributed by atoms with Crippen LogP contribution in [0.5, 0.6) is 17.2 Å². The van der Waals surface area contributed by atoms with Gasteiger partial charge >= 0.3 is 23.9 Å². The topological polar surface area (TPSA) is 144 Å². The summed E-state index contributed by atoms with van der Waals surface area (Å²) in [5.74, 6) is -0.226. The van der Waals surface area contributed by atoms with E-state index in [1.807, 2.05) is 30.3 Å². The summed E-state index contributed by atoms with van der Waals surface area (Å²) in [5, 5.41) is 8.89. The average molecular weight is 769 g/mol. The lowest BCUT2D eigenvalue weighted by Crippen LogP contribution is -2.22. The van der Waals surface area contributed by atoms with Crippen molar-refractivity contribution in [2.45, 2.75) is 89.6 Å². The molecule has 1 N–H and O–H groups in total. The van der Waals surface area contributed by atoms with Crippen molar-refractivity contribution >= 4 is 23.9 Å². The van der Waals surface area contributed by atoms with Gasteiger partial charge in [-0.1, -0.05) is 38.6 Å². The molecule has 2 aliphatic rings. The first-order valence-corrected chi connectivity index (χ1v) is 19.5. The summed E-state index contributed by atoms with van der Waals surface area (Å²) in [6.07, 6.45) is 8.56. The average Bonchev–Trinajstić information content (AvgIpc) is 3.48. The molecule has 0 amide bonds. The molecule has 0 bridgehead atoms. The van der Waals surface area contributed by atoms with E-state index < -0.39 is 30.5 Å². The third-order valence-corrected chi connectivity index (χ3v) is 9.88. The standard InChI is InChI=1S/C45H52O11/c1-30(26-42(47)55-35-12-7-6-8-13-35)43(48)54-25-11-24-52-36-18-20-38-39-21-19-37(28-41(39)32(3)40(38)27-36)56-45(50)33-14-16-34(17-15-33)51-22-9-4-5-10-23-53-44(49)31(2)29-46/h14-21,27-28,32,35,46H,1-2,4-13,22-26,29H2,3H3. The first-order valence-electron chi connectivity index (χ1n) is 19.5. The lowest BCUT2D eigenvalue weighted by Gasteiger charge is -2.21. The van der Waals surface area contributed by atoms with Gasteiger partial charge in [0, 0.05) is 17.9 Å². The number of aliphatic hydroxyl groups excluding tert-OH is 1. The highest BCUT2D eigenvalue weighted by molar-refractivity contribution is 5.93. The molecule has 1 saturated carbocycles. The summed E-state index contributed by atoms with van der Waals surface area (Å²) in [6, 6.07) is 18.5. The molecule has 56 heavy (non-hydrogen) atoms. The van der Waals surface area contributed by atoms with Gasteiger partial charge in [0.25, 0.3) is 0 Å². The second kappa shape index (κ2) is 21.0. The molecule has 3 aromatic rings. The molecule has 0 saturated heterocycles. The van der Waals surface area contributed by atoms with E-state index in [2.05, 4.69) is 20.1 Å². The van der Waals surface area contributed by atoms with Gasteiger partial charge in [-0.05, 0) is 122 Å². The maximum atomic E-state index is 13.0. The van der Waals surface area contributed by atoms with E-state index in [9.17, 15) is 19.2 Å². The van der Waals surface area contributed by atoms with Crippen LogP contribution in [-0.2, 0) is 28.6 Å². The van der Waals surface area contributed by atoms with Crippen molar-refractivity contribution in [2.24, 2.45) is 0 Å². The monoisotopic (exact) mass is 768 g/mol. The van der Waals surface area contributed by atoms with Crippen LogP contribution in [0.25, 0.3) is 11.1 Å². The zero-order chi connectivity index (χ0) is 39.9. The number of carbonyl (C=O) groups is 4. The first kappa shape index (κ1) is 41.7. The van der Waals surface area contributed by atoms with Gasteiger partial charge in [0.2, 0.25) is 0 Å². The number of carbonyl (C=O) groups excluding carboxylic acids is 4. The van der Waals surface area contributed by atoms with Gasteiger partial charge in [-0.2, -0.15) is 0 Å². The Morgan fingerprint density at radius 3 is 1.89 bits per heavy atom. The van der Waals surface area contributed by atoms with E-state index in [4.69, 9.17) is 33.5 Å². The fourth-order valence-electron chi connectivity index (χ4n) is 6.71. The largest absolute Gasteiger partial charge is 0.494 e. The van der Waals surface area contributed by atoms with Gasteiger partial charge in [-0.25, -0.2) is 14.4 Å². The highest BCUT2D eigenvalue weighted by atomic mass is 16.6. The maximum Gasteiger partial charge on any atom is 0.343 e. The Balaban J connectivity index is 0.998. The first-order chi connectivity index (χ1) is 27.1. The van der Waals surface area contributed by atoms with Gasteiger partial charge in [0.15, 0.2) is 0 Å². The summed E-state index contributed by atoms with van der Waals surface area (Å²) in [6.45, 7) is 10.1. The molecular weight excluding hydrogens is 716 g/mol. The molecule has 0 radical (unpaired) electrons. The van der Waals surface area contributed by atoms with Crippen LogP contribution >= 0.6 is 0 Å². The Morgan fingerprint density at radius 2 is 1.21 bits per heavy atom. The van der Waals surface area contributed by atoms with E-state index in [0.717, 1.165) is 80.0 Å². The van der Waals surface area contributed by atoms with Crippen LogP contribution in [0.2, 0.25) is 0 Å². The summed E-state index contributed by atoms with van der Waals surface area (Å²) in [4.78, 5) is 49.0. The van der Waals surface area contributed by atoms with Crippen molar-refractivity contribution in [1.29, 1.82) is 0 Å². The number of unbranched alkanes of at least 4 members (excludes halogenated alkanes) is 3. The van der Waals surface area contributed by atoms with Crippen LogP contribution in [0.15, 0.2) is 85.0 Å². The van der Waals surface area contributed by atoms with Gasteiger partial charge in [-0.15, -0.1) is 0 Å². The normalized spacial score (nSPS) is 14.5. The van der Waals surface area contributed by atoms with Crippen LogP contribution in [0.1, 0.15) is 105 Å². The summed E-state index contributed by atoms with van der Waals surface area (Å²) in [7, 11) is 0. The van der Waals surface area contributed by atoms with Crippen molar-refractivity contribution < 1.29 is 52.7 Å². The Kier molecular flexibility index (Phi) is 15.7. The summed E-state index contributed by atoms with van der Waals surface area (Å²) in [5.41, 5.74) is 4.86. The lowest BCUT2D eigenvalue weighted by atomic mass is 9.98. The SMILES string of the molecule is C=C(CO)C(=O)OCCCCCCOc1ccc(C(=O)Oc2ccc3c(c2)C(C)c2cc(OCCCOC(=O)C(=C)CC(=O)OC4CCCCC4)ccc2-3)cc1. The molecule has 3 aromatic carbocycles. The smallest absolute Gasteiger partial charge is 0.343 e. The van der Waals surface area contributed by atoms with Gasteiger partial charge in [0.05, 0.1) is 50.6 Å².